The van der Waals surface area contributed by atoms with E-state index < -0.39 is 36.5 Å². The summed E-state index contributed by atoms with van der Waals surface area (Å²) < 4.78 is 33.1. The molecule has 2 aromatic rings. The van der Waals surface area contributed by atoms with Crippen LogP contribution in [-0.2, 0) is 14.2 Å². The first-order valence-corrected chi connectivity index (χ1v) is 8.59. The monoisotopic (exact) mass is 414 g/mol. The molecule has 0 aromatic heterocycles. The number of primary amides is 1. The molecule has 10 heteroatoms. The third-order valence-electron chi connectivity index (χ3n) is 3.73. The second-order valence-corrected chi connectivity index (χ2v) is 6.59. The summed E-state index contributed by atoms with van der Waals surface area (Å²) in [6, 6.07) is 6.45. The van der Waals surface area contributed by atoms with Gasteiger partial charge in [0.05, 0.1) is 10.0 Å². The summed E-state index contributed by atoms with van der Waals surface area (Å²) >= 11 is 11.4. The summed E-state index contributed by atoms with van der Waals surface area (Å²) in [5.74, 6) is -2.94. The van der Waals surface area contributed by atoms with Crippen LogP contribution in [0.5, 0.6) is 0 Å². The van der Waals surface area contributed by atoms with Crippen LogP contribution in [0.2, 0.25) is 10.0 Å². The van der Waals surface area contributed by atoms with E-state index in [0.29, 0.717) is 0 Å². The van der Waals surface area contributed by atoms with E-state index in [1.54, 1.807) is 0 Å². The van der Waals surface area contributed by atoms with Crippen LogP contribution in [0.1, 0.15) is 12.8 Å². The zero-order valence-electron chi connectivity index (χ0n) is 13.9. The van der Waals surface area contributed by atoms with Crippen molar-refractivity contribution in [2.45, 2.75) is 18.9 Å². The fourth-order valence-electron chi connectivity index (χ4n) is 2.30. The minimum atomic E-state index is -1.16. The first kappa shape index (κ1) is 21.1. The lowest BCUT2D eigenvalue weighted by molar-refractivity contribution is -0.136. The van der Waals surface area contributed by atoms with E-state index in [2.05, 4.69) is 0 Å². The third kappa shape index (κ3) is 5.66. The summed E-state index contributed by atoms with van der Waals surface area (Å²) in [5.41, 5.74) is 11.2. The van der Waals surface area contributed by atoms with Crippen LogP contribution < -0.4 is 22.4 Å². The van der Waals surface area contributed by atoms with Gasteiger partial charge in [-0.3, -0.25) is 9.59 Å². The van der Waals surface area contributed by atoms with Crippen molar-refractivity contribution in [1.82, 2.24) is 0 Å². The molecule has 0 fully saturated rings. The number of amides is 1. The number of hydrogen-bond acceptors (Lipinski definition) is 4. The minimum absolute atomic E-state index is 0.0230. The average molecular weight is 415 g/mol. The Morgan fingerprint density at radius 1 is 1.04 bits per heavy atom. The molecule has 2 rings (SSSR count). The number of nitrogens with two attached hydrogens (primary N) is 2. The van der Waals surface area contributed by atoms with E-state index in [9.17, 15) is 18.4 Å². The van der Waals surface area contributed by atoms with Crippen molar-refractivity contribution in [3.05, 3.63) is 58.1 Å². The molecule has 0 spiro atoms. The minimum Gasteiger partial charge on any atom is -0.525 e. The van der Waals surface area contributed by atoms with Gasteiger partial charge < -0.3 is 16.1 Å². The number of rotatable bonds is 7. The fourth-order valence-corrected chi connectivity index (χ4v) is 2.53. The number of hydrogen-bond donors (Lipinski definition) is 2. The Morgan fingerprint density at radius 2 is 1.52 bits per heavy atom. The molecule has 0 radical (unpaired) electrons. The average Bonchev–Trinajstić information content (AvgIpc) is 2.62. The highest BCUT2D eigenvalue weighted by Crippen LogP contribution is 2.14. The van der Waals surface area contributed by atoms with Crippen molar-refractivity contribution in [2.75, 3.05) is 0 Å². The van der Waals surface area contributed by atoms with E-state index in [1.807, 2.05) is 0 Å². The summed E-state index contributed by atoms with van der Waals surface area (Å²) in [6.07, 6.45) is -0.128. The molecule has 0 unspecified atom stereocenters. The molecule has 0 saturated heterocycles. The Kier molecular flexibility index (Phi) is 7.18. The molecule has 142 valence electrons. The van der Waals surface area contributed by atoms with Crippen LogP contribution in [0, 0.1) is 11.6 Å². The number of carbonyl (C=O) groups is 2. The van der Waals surface area contributed by atoms with Gasteiger partial charge in [0, 0.05) is 6.42 Å². The summed E-state index contributed by atoms with van der Waals surface area (Å²) in [4.78, 5) is 23.1. The number of halogens is 4. The van der Waals surface area contributed by atoms with Crippen molar-refractivity contribution in [2.24, 2.45) is 11.5 Å². The number of carbonyl (C=O) groups excluding carboxylic acids is 2. The SMILES string of the molecule is NC(=O)CC[C@H](N)C(=O)OB(c1ccc(Cl)c(F)c1)c1ccc(Cl)c(F)c1. The Balaban J connectivity index is 2.34. The van der Waals surface area contributed by atoms with Crippen LogP contribution in [0.15, 0.2) is 36.4 Å². The molecule has 0 heterocycles. The van der Waals surface area contributed by atoms with E-state index >= 15 is 0 Å². The van der Waals surface area contributed by atoms with Gasteiger partial charge in [0.15, 0.2) is 0 Å². The van der Waals surface area contributed by atoms with Gasteiger partial charge in [-0.2, -0.15) is 0 Å². The van der Waals surface area contributed by atoms with Gasteiger partial charge in [-0.25, -0.2) is 8.78 Å². The smallest absolute Gasteiger partial charge is 0.429 e. The molecule has 0 saturated carbocycles. The van der Waals surface area contributed by atoms with Gasteiger partial charge in [-0.15, -0.1) is 0 Å². The molecular weight excluding hydrogens is 400 g/mol. The summed E-state index contributed by atoms with van der Waals surface area (Å²) in [6.45, 7) is -1.16. The third-order valence-corrected chi connectivity index (χ3v) is 4.34. The van der Waals surface area contributed by atoms with E-state index in [0.717, 1.165) is 12.1 Å². The predicted octanol–water partition coefficient (Wildman–Crippen LogP) is 1.51. The predicted molar refractivity (Wildman–Crippen MR) is 100 cm³/mol. The molecule has 2 aromatic carbocycles. The van der Waals surface area contributed by atoms with Crippen molar-refractivity contribution in [3.8, 4) is 0 Å². The Bertz CT molecular complexity index is 819. The van der Waals surface area contributed by atoms with Crippen molar-refractivity contribution in [3.63, 3.8) is 0 Å². The topological polar surface area (TPSA) is 95.4 Å². The first-order valence-electron chi connectivity index (χ1n) is 7.83. The van der Waals surface area contributed by atoms with Crippen molar-refractivity contribution < 1.29 is 23.0 Å². The zero-order valence-corrected chi connectivity index (χ0v) is 15.4. The lowest BCUT2D eigenvalue weighted by Crippen LogP contribution is -2.49. The van der Waals surface area contributed by atoms with Gasteiger partial charge in [0.1, 0.15) is 17.7 Å². The fraction of sp³-hybridized carbons (Fsp3) is 0.176. The highest BCUT2D eigenvalue weighted by molar-refractivity contribution is 6.81. The highest BCUT2D eigenvalue weighted by Gasteiger charge is 2.30. The van der Waals surface area contributed by atoms with Crippen LogP contribution >= 0.6 is 23.2 Å². The maximum atomic E-state index is 13.9. The molecule has 27 heavy (non-hydrogen) atoms. The molecule has 5 nitrogen and oxygen atoms in total. The van der Waals surface area contributed by atoms with Crippen LogP contribution in [0.3, 0.4) is 0 Å². The van der Waals surface area contributed by atoms with Gasteiger partial charge in [-0.05, 0) is 41.6 Å². The maximum absolute atomic E-state index is 13.9. The molecule has 4 N–H and O–H groups in total. The molecule has 0 aliphatic carbocycles. The van der Waals surface area contributed by atoms with E-state index in [1.165, 1.54) is 24.3 Å². The molecular formula is C17H15BCl2F2N2O3. The standard InChI is InChI=1S/C17H15BCl2F2N2O3/c19-11-3-1-9(7-13(11)21)18(10-2-4-12(20)14(22)8-10)27-17(26)15(23)5-6-16(24)25/h1-4,7-8,15H,5-6,23H2,(H2,24,25)/t15-/m0/s1. The van der Waals surface area contributed by atoms with Crippen LogP contribution in [-0.4, -0.2) is 24.8 Å². The van der Waals surface area contributed by atoms with Crippen molar-refractivity contribution in [1.29, 1.82) is 0 Å². The lowest BCUT2D eigenvalue weighted by atomic mass is 9.55. The molecule has 1 amide bonds. The second-order valence-electron chi connectivity index (χ2n) is 5.78. The van der Waals surface area contributed by atoms with Gasteiger partial charge >= 0.3 is 12.9 Å². The van der Waals surface area contributed by atoms with Gasteiger partial charge in [0.2, 0.25) is 5.91 Å². The second kappa shape index (κ2) is 9.17. The highest BCUT2D eigenvalue weighted by atomic mass is 35.5. The lowest BCUT2D eigenvalue weighted by Gasteiger charge is -2.18. The molecule has 0 aliphatic rings. The molecule has 0 bridgehead atoms. The molecule has 0 aliphatic heterocycles. The van der Waals surface area contributed by atoms with Crippen molar-refractivity contribution >= 4 is 52.9 Å². The maximum Gasteiger partial charge on any atom is 0.429 e. The zero-order chi connectivity index (χ0) is 20.1. The summed E-state index contributed by atoms with van der Waals surface area (Å²) in [7, 11) is 0. The Morgan fingerprint density at radius 3 is 1.93 bits per heavy atom. The number of benzene rings is 2. The van der Waals surface area contributed by atoms with Crippen LogP contribution in [0.4, 0.5) is 8.78 Å². The first-order chi connectivity index (χ1) is 12.7. The Labute approximate surface area is 164 Å². The summed E-state index contributed by atoms with van der Waals surface area (Å²) in [5, 5.41) is -0.242. The largest absolute Gasteiger partial charge is 0.525 e. The molecule has 1 atom stereocenters. The Hall–Kier alpha value is -2.16. The van der Waals surface area contributed by atoms with Gasteiger partial charge in [0.25, 0.3) is 0 Å². The van der Waals surface area contributed by atoms with Crippen LogP contribution in [0.25, 0.3) is 0 Å². The van der Waals surface area contributed by atoms with Gasteiger partial charge in [-0.1, -0.05) is 35.3 Å². The van der Waals surface area contributed by atoms with E-state index in [-0.39, 0.29) is 33.8 Å². The normalized spacial score (nSPS) is 11.7. The van der Waals surface area contributed by atoms with E-state index in [4.69, 9.17) is 39.3 Å². The quantitative estimate of drug-likeness (QED) is 0.671.